The molecular formula is C29H37BrF3N7O3S. The van der Waals surface area contributed by atoms with Crippen molar-refractivity contribution in [2.45, 2.75) is 63.0 Å². The van der Waals surface area contributed by atoms with Gasteiger partial charge in [-0.15, -0.1) is 11.3 Å². The van der Waals surface area contributed by atoms with Gasteiger partial charge in [-0.2, -0.15) is 13.2 Å². The number of urea groups is 2. The summed E-state index contributed by atoms with van der Waals surface area (Å²) in [6.45, 7) is 2.25. The highest BCUT2D eigenvalue weighted by molar-refractivity contribution is 9.10. The third-order valence-electron chi connectivity index (χ3n) is 8.79. The molecule has 0 saturated carbocycles. The molecule has 1 unspecified atom stereocenters. The van der Waals surface area contributed by atoms with Gasteiger partial charge in [0.1, 0.15) is 6.04 Å². The average molecular weight is 701 g/mol. The van der Waals surface area contributed by atoms with Gasteiger partial charge in [0.05, 0.1) is 23.5 Å². The summed E-state index contributed by atoms with van der Waals surface area (Å²) in [5, 5.41) is 7.70. The summed E-state index contributed by atoms with van der Waals surface area (Å²) in [7, 11) is 3.98. The third kappa shape index (κ3) is 7.09. The number of halogens is 4. The number of thiophene rings is 1. The molecule has 1 atom stereocenters. The minimum Gasteiger partial charge on any atom is -0.397 e. The van der Waals surface area contributed by atoms with Crippen molar-refractivity contribution in [2.24, 2.45) is 0 Å². The van der Waals surface area contributed by atoms with Gasteiger partial charge in [-0.25, -0.2) is 9.59 Å². The minimum atomic E-state index is -4.68. The number of alkyl halides is 3. The van der Waals surface area contributed by atoms with Gasteiger partial charge in [0.25, 0.3) is 0 Å². The zero-order valence-electron chi connectivity index (χ0n) is 24.6. The van der Waals surface area contributed by atoms with Gasteiger partial charge < -0.3 is 36.0 Å². The van der Waals surface area contributed by atoms with Crippen molar-refractivity contribution >= 4 is 56.6 Å². The van der Waals surface area contributed by atoms with E-state index in [1.54, 1.807) is 26.0 Å². The number of nitrogens with one attached hydrogen (secondary N) is 2. The standard InChI is InChI=1S/C29H37BrF3N7O3S/c1-37(2)18-3-8-38(9-4-18)26(41)23(15-17-13-20(29(31,32)33)25(34)21(30)14-17)36-27(42)39-10-5-19(6-11-39)40-16-24-22(7-12-44-24)35-28(40)43/h7,12-14,18-19,23H,3-6,8-11,15-16,34H2,1-2H3,(H,35,43)(H,36,42). The summed E-state index contributed by atoms with van der Waals surface area (Å²) in [6.07, 6.45) is -2.16. The Labute approximate surface area is 266 Å². The summed E-state index contributed by atoms with van der Waals surface area (Å²) in [6, 6.07) is 2.88. The molecule has 240 valence electrons. The van der Waals surface area contributed by atoms with E-state index in [4.69, 9.17) is 5.73 Å². The molecule has 2 aromatic rings. The van der Waals surface area contributed by atoms with Crippen LogP contribution in [0.3, 0.4) is 0 Å². The van der Waals surface area contributed by atoms with Crippen molar-refractivity contribution in [3.63, 3.8) is 0 Å². The highest BCUT2D eigenvalue weighted by atomic mass is 79.9. The highest BCUT2D eigenvalue weighted by Gasteiger charge is 2.37. The van der Waals surface area contributed by atoms with E-state index in [2.05, 4.69) is 31.5 Å². The second kappa shape index (κ2) is 13.1. The number of hydrogen-bond acceptors (Lipinski definition) is 6. The Morgan fingerprint density at radius 2 is 1.80 bits per heavy atom. The van der Waals surface area contributed by atoms with Crippen LogP contribution < -0.4 is 16.4 Å². The monoisotopic (exact) mass is 699 g/mol. The van der Waals surface area contributed by atoms with Crippen molar-refractivity contribution in [2.75, 3.05) is 51.3 Å². The summed E-state index contributed by atoms with van der Waals surface area (Å²) >= 11 is 4.71. The van der Waals surface area contributed by atoms with Gasteiger partial charge in [-0.3, -0.25) is 4.79 Å². The molecule has 0 spiro atoms. The molecular weight excluding hydrogens is 663 g/mol. The average Bonchev–Trinajstić information content (AvgIpc) is 3.44. The Balaban J connectivity index is 1.28. The zero-order chi connectivity index (χ0) is 31.8. The van der Waals surface area contributed by atoms with E-state index < -0.39 is 29.5 Å². The predicted octanol–water partition coefficient (Wildman–Crippen LogP) is 4.80. The lowest BCUT2D eigenvalue weighted by atomic mass is 9.99. The number of fused-ring (bicyclic) bond motifs is 1. The van der Waals surface area contributed by atoms with Crippen LogP contribution in [-0.2, 0) is 23.9 Å². The van der Waals surface area contributed by atoms with Crippen LogP contribution in [0.5, 0.6) is 0 Å². The highest BCUT2D eigenvalue weighted by Crippen LogP contribution is 2.38. The largest absolute Gasteiger partial charge is 0.418 e. The molecule has 1 aromatic heterocycles. The number of piperidine rings is 2. The lowest BCUT2D eigenvalue weighted by molar-refractivity contribution is -0.137. The molecule has 44 heavy (non-hydrogen) atoms. The molecule has 2 fully saturated rings. The molecule has 0 bridgehead atoms. The normalized spacial score (nSPS) is 19.2. The van der Waals surface area contributed by atoms with Crippen LogP contribution in [0, 0.1) is 0 Å². The number of nitrogens with two attached hydrogens (primary N) is 1. The number of anilines is 2. The molecule has 0 radical (unpaired) electrons. The van der Waals surface area contributed by atoms with Gasteiger partial charge in [-0.05, 0) is 84.9 Å². The zero-order valence-corrected chi connectivity index (χ0v) is 27.0. The van der Waals surface area contributed by atoms with Crippen molar-refractivity contribution in [3.05, 3.63) is 44.1 Å². The van der Waals surface area contributed by atoms with E-state index in [9.17, 15) is 27.6 Å². The number of carbonyl (C=O) groups is 3. The third-order valence-corrected chi connectivity index (χ3v) is 10.4. The fraction of sp³-hybridized carbons (Fsp3) is 0.552. The Morgan fingerprint density at radius 1 is 1.14 bits per heavy atom. The van der Waals surface area contributed by atoms with Crippen LogP contribution in [0.25, 0.3) is 0 Å². The second-order valence-electron chi connectivity index (χ2n) is 11.8. The summed E-state index contributed by atoms with van der Waals surface area (Å²) in [5.41, 5.74) is 5.34. The SMILES string of the molecule is CN(C)C1CCN(C(=O)C(Cc2cc(Br)c(N)c(C(F)(F)F)c2)NC(=O)N2CCC(N3Cc4sccc4NC3=O)CC2)CC1. The number of nitrogen functional groups attached to an aromatic ring is 1. The molecule has 15 heteroatoms. The Kier molecular flexibility index (Phi) is 9.66. The number of hydrogen-bond donors (Lipinski definition) is 3. The first-order valence-electron chi connectivity index (χ1n) is 14.6. The molecule has 2 saturated heterocycles. The van der Waals surface area contributed by atoms with E-state index >= 15 is 0 Å². The molecule has 5 amide bonds. The summed E-state index contributed by atoms with van der Waals surface area (Å²) < 4.78 is 41.2. The number of benzene rings is 1. The maximum atomic E-state index is 13.8. The fourth-order valence-corrected chi connectivity index (χ4v) is 7.52. The van der Waals surface area contributed by atoms with Crippen LogP contribution in [0.15, 0.2) is 28.1 Å². The lowest BCUT2D eigenvalue weighted by Crippen LogP contribution is -2.57. The molecule has 4 heterocycles. The van der Waals surface area contributed by atoms with E-state index in [1.807, 2.05) is 25.5 Å². The van der Waals surface area contributed by atoms with Gasteiger partial charge in [0.2, 0.25) is 5.91 Å². The molecule has 5 rings (SSSR count). The van der Waals surface area contributed by atoms with Crippen molar-refractivity contribution in [1.29, 1.82) is 0 Å². The van der Waals surface area contributed by atoms with Gasteiger partial charge >= 0.3 is 18.2 Å². The maximum absolute atomic E-state index is 13.8. The molecule has 10 nitrogen and oxygen atoms in total. The Hall–Kier alpha value is -3.04. The first kappa shape index (κ1) is 32.4. The number of carbonyl (C=O) groups excluding carboxylic acids is 3. The van der Waals surface area contributed by atoms with Crippen molar-refractivity contribution in [1.82, 2.24) is 24.9 Å². The molecule has 3 aliphatic rings. The number of amides is 5. The molecule has 0 aliphatic carbocycles. The Morgan fingerprint density at radius 3 is 2.43 bits per heavy atom. The topological polar surface area (TPSA) is 114 Å². The number of nitrogens with zero attached hydrogens (tertiary/aromatic N) is 4. The molecule has 4 N–H and O–H groups in total. The van der Waals surface area contributed by atoms with Gasteiger partial charge in [-0.1, -0.05) is 0 Å². The summed E-state index contributed by atoms with van der Waals surface area (Å²) in [5.74, 6) is -0.330. The predicted molar refractivity (Wildman–Crippen MR) is 166 cm³/mol. The smallest absolute Gasteiger partial charge is 0.397 e. The fourth-order valence-electron chi connectivity index (χ4n) is 6.19. The minimum absolute atomic E-state index is 0.0439. The first-order chi connectivity index (χ1) is 20.8. The maximum Gasteiger partial charge on any atom is 0.418 e. The van der Waals surface area contributed by atoms with Crippen LogP contribution in [0.4, 0.5) is 34.1 Å². The van der Waals surface area contributed by atoms with E-state index in [0.717, 1.165) is 29.5 Å². The first-order valence-corrected chi connectivity index (χ1v) is 16.3. The van der Waals surface area contributed by atoms with E-state index in [1.165, 1.54) is 6.07 Å². The lowest BCUT2D eigenvalue weighted by Gasteiger charge is -2.40. The van der Waals surface area contributed by atoms with Crippen molar-refractivity contribution in [3.8, 4) is 0 Å². The molecule has 1 aromatic carbocycles. The van der Waals surface area contributed by atoms with Gasteiger partial charge in [0, 0.05) is 54.0 Å². The van der Waals surface area contributed by atoms with Crippen LogP contribution >= 0.6 is 27.3 Å². The van der Waals surface area contributed by atoms with Gasteiger partial charge in [0.15, 0.2) is 0 Å². The summed E-state index contributed by atoms with van der Waals surface area (Å²) in [4.78, 5) is 48.3. The van der Waals surface area contributed by atoms with Crippen LogP contribution in [0.2, 0.25) is 0 Å². The second-order valence-corrected chi connectivity index (χ2v) is 13.7. The van der Waals surface area contributed by atoms with Crippen LogP contribution in [-0.4, -0.2) is 96.0 Å². The van der Waals surface area contributed by atoms with Crippen LogP contribution in [0.1, 0.15) is 41.7 Å². The number of rotatable bonds is 6. The quantitative estimate of drug-likeness (QED) is 0.375. The molecule has 3 aliphatic heterocycles. The van der Waals surface area contributed by atoms with Crippen molar-refractivity contribution < 1.29 is 27.6 Å². The Bertz CT molecular complexity index is 1390. The number of likely N-dealkylation sites (tertiary alicyclic amines) is 2. The van der Waals surface area contributed by atoms with E-state index in [0.29, 0.717) is 51.6 Å². The van der Waals surface area contributed by atoms with E-state index in [-0.39, 0.29) is 34.4 Å².